The molecule has 0 bridgehead atoms. The molecule has 1 N–H and O–H groups in total. The Bertz CT molecular complexity index is 565. The van der Waals surface area contributed by atoms with Crippen LogP contribution in [0.4, 0.5) is 0 Å². The summed E-state index contributed by atoms with van der Waals surface area (Å²) in [6, 6.07) is 7.83. The molecule has 1 aromatic carbocycles. The maximum absolute atomic E-state index is 12.9. The highest BCUT2D eigenvalue weighted by Gasteiger charge is 2.25. The van der Waals surface area contributed by atoms with Gasteiger partial charge in [0.15, 0.2) is 0 Å². The number of methoxy groups -OCH3 is 1. The van der Waals surface area contributed by atoms with Gasteiger partial charge in [0, 0.05) is 31.1 Å². The molecule has 1 aliphatic heterocycles. The normalized spacial score (nSPS) is 17.6. The number of likely N-dealkylation sites (tertiary alicyclic amines) is 1. The summed E-state index contributed by atoms with van der Waals surface area (Å²) in [5.41, 5.74) is 0.695. The van der Waals surface area contributed by atoms with E-state index in [4.69, 9.17) is 4.74 Å². The number of thioether (sulfide) groups is 1. The third kappa shape index (κ3) is 5.24. The molecule has 1 fully saturated rings. The van der Waals surface area contributed by atoms with E-state index in [1.165, 1.54) is 18.2 Å². The molecule has 6 heteroatoms. The van der Waals surface area contributed by atoms with Crippen molar-refractivity contribution < 1.29 is 14.3 Å². The highest BCUT2D eigenvalue weighted by molar-refractivity contribution is 8.00. The van der Waals surface area contributed by atoms with E-state index < -0.39 is 0 Å². The molecule has 0 spiro atoms. The van der Waals surface area contributed by atoms with Crippen LogP contribution >= 0.6 is 11.8 Å². The van der Waals surface area contributed by atoms with E-state index in [0.717, 1.165) is 24.3 Å². The van der Waals surface area contributed by atoms with Gasteiger partial charge in [-0.1, -0.05) is 12.1 Å². The summed E-state index contributed by atoms with van der Waals surface area (Å²) in [5.74, 6) is 0.319. The van der Waals surface area contributed by atoms with Crippen LogP contribution in [0.2, 0.25) is 0 Å². The fraction of sp³-hybridized carbons (Fsp3) is 0.556. The number of piperidine rings is 1. The van der Waals surface area contributed by atoms with Crippen molar-refractivity contribution in [1.29, 1.82) is 0 Å². The van der Waals surface area contributed by atoms with E-state index >= 15 is 0 Å². The van der Waals surface area contributed by atoms with E-state index in [2.05, 4.69) is 12.2 Å². The summed E-state index contributed by atoms with van der Waals surface area (Å²) in [6.07, 6.45) is 3.30. The molecule has 0 saturated carbocycles. The van der Waals surface area contributed by atoms with Gasteiger partial charge in [0.05, 0.1) is 17.9 Å². The summed E-state index contributed by atoms with van der Waals surface area (Å²) < 4.78 is 4.91. The number of nitrogens with zero attached hydrogens (tertiary/aromatic N) is 1. The zero-order chi connectivity index (χ0) is 17.4. The Morgan fingerprint density at radius 1 is 1.33 bits per heavy atom. The first-order chi connectivity index (χ1) is 11.6. The van der Waals surface area contributed by atoms with Crippen molar-refractivity contribution in [3.8, 4) is 0 Å². The van der Waals surface area contributed by atoms with Crippen LogP contribution in [0.25, 0.3) is 0 Å². The minimum absolute atomic E-state index is 0.0503. The second-order valence-corrected chi connectivity index (χ2v) is 6.99. The second kappa shape index (κ2) is 9.69. The predicted molar refractivity (Wildman–Crippen MR) is 96.4 cm³/mol. The molecule has 0 aromatic heterocycles. The third-order valence-electron chi connectivity index (χ3n) is 4.17. The molecule has 2 rings (SSSR count). The fourth-order valence-corrected chi connectivity index (χ4v) is 3.68. The number of carbonyl (C=O) groups is 2. The highest BCUT2D eigenvalue weighted by atomic mass is 32.2. The Labute approximate surface area is 148 Å². The molecule has 1 aromatic rings. The number of amides is 2. The van der Waals surface area contributed by atoms with Crippen LogP contribution < -0.4 is 5.32 Å². The second-order valence-electron chi connectivity index (χ2n) is 5.97. The molecular weight excluding hydrogens is 324 g/mol. The first kappa shape index (κ1) is 18.8. The quantitative estimate of drug-likeness (QED) is 0.606. The number of hydrogen-bond acceptors (Lipinski definition) is 4. The summed E-state index contributed by atoms with van der Waals surface area (Å²) in [5, 5.41) is 2.79. The third-order valence-corrected chi connectivity index (χ3v) is 5.24. The van der Waals surface area contributed by atoms with Crippen LogP contribution in [0.5, 0.6) is 0 Å². The zero-order valence-electron chi connectivity index (χ0n) is 14.4. The molecule has 1 aliphatic rings. The lowest BCUT2D eigenvalue weighted by Crippen LogP contribution is -2.42. The first-order valence-electron chi connectivity index (χ1n) is 8.42. The predicted octanol–water partition coefficient (Wildman–Crippen LogP) is 2.56. The van der Waals surface area contributed by atoms with Crippen LogP contribution in [0.3, 0.4) is 0 Å². The van der Waals surface area contributed by atoms with Gasteiger partial charge in [0.2, 0.25) is 5.91 Å². The van der Waals surface area contributed by atoms with E-state index in [1.807, 2.05) is 29.2 Å². The molecule has 1 saturated heterocycles. The summed E-state index contributed by atoms with van der Waals surface area (Å²) in [6.45, 7) is 3.92. The van der Waals surface area contributed by atoms with E-state index in [1.54, 1.807) is 7.11 Å². The molecule has 24 heavy (non-hydrogen) atoms. The molecule has 1 atom stereocenters. The smallest absolute Gasteiger partial charge is 0.255 e. The number of carbonyl (C=O) groups excluding carboxylic acids is 2. The lowest BCUT2D eigenvalue weighted by molar-refractivity contribution is -0.118. The Balaban J connectivity index is 1.99. The van der Waals surface area contributed by atoms with Crippen LogP contribution in [0.1, 0.15) is 36.5 Å². The van der Waals surface area contributed by atoms with Crippen LogP contribution in [0, 0.1) is 0 Å². The van der Waals surface area contributed by atoms with Crippen molar-refractivity contribution in [3.05, 3.63) is 29.8 Å². The molecule has 2 amide bonds. The van der Waals surface area contributed by atoms with Crippen molar-refractivity contribution in [2.24, 2.45) is 0 Å². The Morgan fingerprint density at radius 3 is 2.88 bits per heavy atom. The van der Waals surface area contributed by atoms with E-state index in [-0.39, 0.29) is 17.9 Å². The minimum Gasteiger partial charge on any atom is -0.383 e. The van der Waals surface area contributed by atoms with Crippen molar-refractivity contribution in [3.63, 3.8) is 0 Å². The summed E-state index contributed by atoms with van der Waals surface area (Å²) >= 11 is 1.41. The molecule has 0 radical (unpaired) electrons. The maximum atomic E-state index is 12.9. The standard InChI is InChI=1S/C18H26N2O3S/c1-14-7-5-6-11-20(14)18(22)15-8-3-4-9-16(15)24-13-17(21)19-10-12-23-2/h3-4,8-9,14H,5-7,10-13H2,1-2H3,(H,19,21). The van der Waals surface area contributed by atoms with Gasteiger partial charge < -0.3 is 15.0 Å². The number of rotatable bonds is 7. The molecule has 1 unspecified atom stereocenters. The fourth-order valence-electron chi connectivity index (χ4n) is 2.81. The van der Waals surface area contributed by atoms with Crippen LogP contribution in [-0.4, -0.2) is 55.3 Å². The number of hydrogen-bond donors (Lipinski definition) is 1. The number of nitrogens with one attached hydrogen (secondary N) is 1. The summed E-state index contributed by atoms with van der Waals surface area (Å²) in [4.78, 5) is 27.5. The Hall–Kier alpha value is -1.53. The monoisotopic (exact) mass is 350 g/mol. The lowest BCUT2D eigenvalue weighted by atomic mass is 10.0. The van der Waals surface area contributed by atoms with Gasteiger partial charge in [0.1, 0.15) is 0 Å². The highest BCUT2D eigenvalue weighted by Crippen LogP contribution is 2.26. The van der Waals surface area contributed by atoms with Crippen LogP contribution in [0.15, 0.2) is 29.2 Å². The molecule has 5 nitrogen and oxygen atoms in total. The van der Waals surface area contributed by atoms with Gasteiger partial charge in [-0.15, -0.1) is 11.8 Å². The zero-order valence-corrected chi connectivity index (χ0v) is 15.2. The molecule has 1 heterocycles. The Morgan fingerprint density at radius 2 is 2.12 bits per heavy atom. The minimum atomic E-state index is -0.0503. The van der Waals surface area contributed by atoms with E-state index in [0.29, 0.717) is 24.5 Å². The van der Waals surface area contributed by atoms with Gasteiger partial charge >= 0.3 is 0 Å². The molecular formula is C18H26N2O3S. The lowest BCUT2D eigenvalue weighted by Gasteiger charge is -2.33. The van der Waals surface area contributed by atoms with Gasteiger partial charge in [-0.2, -0.15) is 0 Å². The maximum Gasteiger partial charge on any atom is 0.255 e. The van der Waals surface area contributed by atoms with Crippen molar-refractivity contribution in [2.75, 3.05) is 32.6 Å². The van der Waals surface area contributed by atoms with Gasteiger partial charge in [-0.3, -0.25) is 9.59 Å². The van der Waals surface area contributed by atoms with Gasteiger partial charge in [0.25, 0.3) is 5.91 Å². The van der Waals surface area contributed by atoms with Gasteiger partial charge in [-0.05, 0) is 38.3 Å². The van der Waals surface area contributed by atoms with Crippen molar-refractivity contribution >= 4 is 23.6 Å². The molecule has 0 aliphatic carbocycles. The number of benzene rings is 1. The Kier molecular flexibility index (Phi) is 7.59. The largest absolute Gasteiger partial charge is 0.383 e. The van der Waals surface area contributed by atoms with Crippen molar-refractivity contribution in [2.45, 2.75) is 37.1 Å². The summed E-state index contributed by atoms with van der Waals surface area (Å²) in [7, 11) is 1.60. The average molecular weight is 350 g/mol. The van der Waals surface area contributed by atoms with Crippen molar-refractivity contribution in [1.82, 2.24) is 10.2 Å². The number of ether oxygens (including phenoxy) is 1. The van der Waals surface area contributed by atoms with Gasteiger partial charge in [-0.25, -0.2) is 0 Å². The molecule has 132 valence electrons. The SMILES string of the molecule is COCCNC(=O)CSc1ccccc1C(=O)N1CCCCC1C. The average Bonchev–Trinajstić information content (AvgIpc) is 2.60. The van der Waals surface area contributed by atoms with Crippen LogP contribution in [-0.2, 0) is 9.53 Å². The van der Waals surface area contributed by atoms with E-state index in [9.17, 15) is 9.59 Å². The first-order valence-corrected chi connectivity index (χ1v) is 9.40. The topological polar surface area (TPSA) is 58.6 Å².